The highest BCUT2D eigenvalue weighted by molar-refractivity contribution is 6.46. The Morgan fingerprint density at radius 2 is 0.647 bits per heavy atom. The average Bonchev–Trinajstić information content (AvgIpc) is 3.78. The summed E-state index contributed by atoms with van der Waals surface area (Å²) in [4.78, 5) is 0. The van der Waals surface area contributed by atoms with Gasteiger partial charge in [0.1, 0.15) is 0 Å². The van der Waals surface area contributed by atoms with Crippen LogP contribution in [-0.4, -0.2) is 0 Å². The van der Waals surface area contributed by atoms with Crippen LogP contribution in [0.25, 0.3) is 130 Å². The summed E-state index contributed by atoms with van der Waals surface area (Å²) in [6, 6.07) is 57.8. The Morgan fingerprint density at radius 1 is 0.221 bits per heavy atom. The minimum absolute atomic E-state index is 0.0549. The summed E-state index contributed by atoms with van der Waals surface area (Å²) in [7, 11) is 0. The molecule has 0 bridgehead atoms. The number of fused-ring (bicyclic) bond motifs is 9. The molecule has 0 aliphatic carbocycles. The standard InChI is InChI=1S/C68H60/c1-65(2,3)43-27-41(28-44(33-43)66(4,5)6)58-55-36-52-51(49-22-16-21-48-47-20-14-13-17-39(47)31-53(52)61(48)49)35-54(55)59(42-29-45(67(7,8)9)34-46(30-42)68(10,11)12)64-56-32-40-19-15-18-37-23-24-38-25-26-50(63(58)64)62(56)60(38)57(37)40/h13-36H,1-12H3. The molecule has 0 N–H and O–H groups in total. The monoisotopic (exact) mass is 876 g/mol. The molecular weight excluding hydrogens is 817 g/mol. The van der Waals surface area contributed by atoms with E-state index in [-0.39, 0.29) is 21.7 Å². The lowest BCUT2D eigenvalue weighted by Crippen LogP contribution is -2.16. The van der Waals surface area contributed by atoms with Crippen molar-refractivity contribution in [3.8, 4) is 22.3 Å². The molecule has 0 heteroatoms. The van der Waals surface area contributed by atoms with Crippen LogP contribution in [0.4, 0.5) is 0 Å². The van der Waals surface area contributed by atoms with Crippen LogP contribution in [0.2, 0.25) is 0 Å². The van der Waals surface area contributed by atoms with E-state index in [1.165, 1.54) is 152 Å². The van der Waals surface area contributed by atoms with Gasteiger partial charge in [0, 0.05) is 0 Å². The zero-order valence-electron chi connectivity index (χ0n) is 41.9. The summed E-state index contributed by atoms with van der Waals surface area (Å²) in [6.45, 7) is 28.5. The van der Waals surface area contributed by atoms with Gasteiger partial charge in [-0.25, -0.2) is 0 Å². The molecule has 13 aromatic rings. The molecule has 332 valence electrons. The zero-order chi connectivity index (χ0) is 47.1. The van der Waals surface area contributed by atoms with Gasteiger partial charge in [0.25, 0.3) is 0 Å². The highest BCUT2D eigenvalue weighted by Gasteiger charge is 2.30. The van der Waals surface area contributed by atoms with Crippen LogP contribution >= 0.6 is 0 Å². The summed E-state index contributed by atoms with van der Waals surface area (Å²) in [6.07, 6.45) is 0. The van der Waals surface area contributed by atoms with Crippen molar-refractivity contribution >= 4 is 108 Å². The quantitative estimate of drug-likeness (QED) is 0.152. The molecule has 0 saturated carbocycles. The van der Waals surface area contributed by atoms with E-state index in [9.17, 15) is 0 Å². The van der Waals surface area contributed by atoms with E-state index in [4.69, 9.17) is 0 Å². The molecule has 68 heavy (non-hydrogen) atoms. The van der Waals surface area contributed by atoms with Crippen molar-refractivity contribution in [1.29, 1.82) is 0 Å². The number of hydrogen-bond acceptors (Lipinski definition) is 0. The fraction of sp³-hybridized carbons (Fsp3) is 0.235. The molecule has 0 atom stereocenters. The molecule has 13 rings (SSSR count). The van der Waals surface area contributed by atoms with Crippen LogP contribution in [0, 0.1) is 0 Å². The average molecular weight is 877 g/mol. The van der Waals surface area contributed by atoms with Gasteiger partial charge in [-0.3, -0.25) is 0 Å². The van der Waals surface area contributed by atoms with Gasteiger partial charge in [-0.05, 0) is 198 Å². The van der Waals surface area contributed by atoms with Crippen LogP contribution in [0.5, 0.6) is 0 Å². The number of rotatable bonds is 2. The Balaban J connectivity index is 1.36. The minimum Gasteiger partial charge on any atom is -0.0616 e. The number of benzene rings is 11. The highest BCUT2D eigenvalue weighted by Crippen LogP contribution is 2.56. The molecule has 0 unspecified atom stereocenters. The second-order valence-electron chi connectivity index (χ2n) is 24.6. The molecule has 0 aliphatic heterocycles. The van der Waals surface area contributed by atoms with E-state index in [1.54, 1.807) is 0 Å². The van der Waals surface area contributed by atoms with E-state index >= 15 is 0 Å². The summed E-state index contributed by atoms with van der Waals surface area (Å²) < 4.78 is 0. The highest BCUT2D eigenvalue weighted by atomic mass is 14.3. The molecule has 0 saturated heterocycles. The Morgan fingerprint density at radius 3 is 1.22 bits per heavy atom. The minimum atomic E-state index is -0.0555. The molecule has 0 aromatic heterocycles. The third-order valence-corrected chi connectivity index (χ3v) is 16.0. The van der Waals surface area contributed by atoms with Gasteiger partial charge < -0.3 is 0 Å². The van der Waals surface area contributed by atoms with Gasteiger partial charge in [-0.2, -0.15) is 0 Å². The van der Waals surface area contributed by atoms with Gasteiger partial charge in [0.15, 0.2) is 0 Å². The molecule has 0 fully saturated rings. The molecule has 0 nitrogen and oxygen atoms in total. The summed E-state index contributed by atoms with van der Waals surface area (Å²) in [5.41, 5.74) is 10.5. The summed E-state index contributed by atoms with van der Waals surface area (Å²) in [5.74, 6) is 0. The second-order valence-corrected chi connectivity index (χ2v) is 24.6. The third kappa shape index (κ3) is 5.79. The topological polar surface area (TPSA) is 0 Å². The maximum atomic E-state index is 2.63. The van der Waals surface area contributed by atoms with Gasteiger partial charge in [-0.15, -0.1) is 0 Å². The second kappa shape index (κ2) is 13.5. The first-order chi connectivity index (χ1) is 32.2. The molecular formula is C68H60. The maximum absolute atomic E-state index is 2.63. The molecule has 0 aliphatic rings. The van der Waals surface area contributed by atoms with Crippen LogP contribution in [0.3, 0.4) is 0 Å². The van der Waals surface area contributed by atoms with E-state index < -0.39 is 0 Å². The van der Waals surface area contributed by atoms with Crippen molar-refractivity contribution in [3.05, 3.63) is 168 Å². The first-order valence-corrected chi connectivity index (χ1v) is 24.9. The zero-order valence-corrected chi connectivity index (χ0v) is 41.9. The lowest BCUT2D eigenvalue weighted by molar-refractivity contribution is 0.568. The largest absolute Gasteiger partial charge is 0.0616 e. The fourth-order valence-electron chi connectivity index (χ4n) is 12.2. The van der Waals surface area contributed by atoms with E-state index in [0.717, 1.165) is 0 Å². The first kappa shape index (κ1) is 41.4. The van der Waals surface area contributed by atoms with Gasteiger partial charge in [0.2, 0.25) is 0 Å². The van der Waals surface area contributed by atoms with Gasteiger partial charge in [-0.1, -0.05) is 204 Å². The molecule has 0 amide bonds. The van der Waals surface area contributed by atoms with Crippen LogP contribution < -0.4 is 0 Å². The van der Waals surface area contributed by atoms with Gasteiger partial charge in [0.05, 0.1) is 0 Å². The predicted octanol–water partition coefficient (Wildman–Crippen LogP) is 20.1. The van der Waals surface area contributed by atoms with Crippen LogP contribution in [0.15, 0.2) is 146 Å². The van der Waals surface area contributed by atoms with Crippen LogP contribution in [-0.2, 0) is 21.7 Å². The van der Waals surface area contributed by atoms with E-state index in [0.29, 0.717) is 0 Å². The van der Waals surface area contributed by atoms with E-state index in [2.05, 4.69) is 229 Å². The van der Waals surface area contributed by atoms with Crippen molar-refractivity contribution in [1.82, 2.24) is 0 Å². The SMILES string of the molecule is CC(C)(C)c1cc(-c2c3cc4c(cc3c(-c3cc(C(C)(C)C)cc(C(C)(C)C)c3)c3c5cc6cccc7ccc8ccc(c23)c5c8c76)c2cccc3c5ccccc5cc4c32)cc(C(C)(C)C)c1. The number of hydrogen-bond donors (Lipinski definition) is 0. The molecule has 13 aromatic carbocycles. The van der Waals surface area contributed by atoms with Crippen molar-refractivity contribution < 1.29 is 0 Å². The van der Waals surface area contributed by atoms with E-state index in [1.807, 2.05) is 0 Å². The molecule has 0 spiro atoms. The summed E-state index contributed by atoms with van der Waals surface area (Å²) >= 11 is 0. The normalized spacial score (nSPS) is 13.6. The Kier molecular flexibility index (Phi) is 8.21. The summed E-state index contributed by atoms with van der Waals surface area (Å²) in [5, 5.41) is 26.8. The lowest BCUT2D eigenvalue weighted by atomic mass is 9.76. The Labute approximate surface area is 400 Å². The third-order valence-electron chi connectivity index (χ3n) is 16.0. The molecule has 0 radical (unpaired) electrons. The fourth-order valence-corrected chi connectivity index (χ4v) is 12.2. The van der Waals surface area contributed by atoms with Gasteiger partial charge >= 0.3 is 0 Å². The lowest BCUT2D eigenvalue weighted by Gasteiger charge is -2.28. The van der Waals surface area contributed by atoms with Crippen molar-refractivity contribution in [2.45, 2.75) is 105 Å². The van der Waals surface area contributed by atoms with Crippen LogP contribution in [0.1, 0.15) is 105 Å². The molecule has 0 heterocycles. The maximum Gasteiger partial charge on any atom is -0.000718 e. The smallest absolute Gasteiger partial charge is 0.000718 e. The predicted molar refractivity (Wildman–Crippen MR) is 301 cm³/mol. The Bertz CT molecular complexity index is 4190. The first-order valence-electron chi connectivity index (χ1n) is 24.9. The van der Waals surface area contributed by atoms with Crippen molar-refractivity contribution in [2.75, 3.05) is 0 Å². The van der Waals surface area contributed by atoms with Crippen molar-refractivity contribution in [3.63, 3.8) is 0 Å². The van der Waals surface area contributed by atoms with Crippen molar-refractivity contribution in [2.24, 2.45) is 0 Å². The Hall–Kier alpha value is -6.76.